The van der Waals surface area contributed by atoms with E-state index in [4.69, 9.17) is 13.6 Å². The summed E-state index contributed by atoms with van der Waals surface area (Å²) in [6.45, 7) is 22.1. The number of rotatable bonds is 13. The smallest absolute Gasteiger partial charge is 0.412 e. The fraction of sp³-hybridized carbons (Fsp3) is 0.531. The summed E-state index contributed by atoms with van der Waals surface area (Å²) in [6, 6.07) is 17.4. The predicted molar refractivity (Wildman–Crippen MR) is 175 cm³/mol. The van der Waals surface area contributed by atoms with Crippen molar-refractivity contribution in [3.63, 3.8) is 0 Å². The van der Waals surface area contributed by atoms with Gasteiger partial charge < -0.3 is 23.3 Å². The molecule has 0 saturated carbocycles. The van der Waals surface area contributed by atoms with Crippen molar-refractivity contribution in [2.75, 3.05) is 29.9 Å². The van der Waals surface area contributed by atoms with Crippen LogP contribution in [-0.4, -0.2) is 47.2 Å². The van der Waals surface area contributed by atoms with Gasteiger partial charge in [0.05, 0.1) is 6.61 Å². The van der Waals surface area contributed by atoms with Crippen LogP contribution in [0.5, 0.6) is 0 Å². The summed E-state index contributed by atoms with van der Waals surface area (Å²) in [7, 11) is -4.11. The summed E-state index contributed by atoms with van der Waals surface area (Å²) in [6.07, 6.45) is 1.40. The molecule has 0 bridgehead atoms. The minimum absolute atomic E-state index is 0.0600. The highest BCUT2D eigenvalue weighted by Gasteiger charge is 2.38. The molecule has 1 aromatic heterocycles. The van der Waals surface area contributed by atoms with E-state index in [1.165, 1.54) is 0 Å². The first-order valence-electron chi connectivity index (χ1n) is 14.6. The number of furan rings is 1. The Bertz CT molecular complexity index is 1210. The zero-order valence-electron chi connectivity index (χ0n) is 26.5. The Morgan fingerprint density at radius 2 is 1.63 bits per heavy atom. The molecule has 9 heteroatoms. The topological polar surface area (TPSA) is 84.2 Å². The van der Waals surface area contributed by atoms with Crippen molar-refractivity contribution >= 4 is 45.1 Å². The van der Waals surface area contributed by atoms with E-state index >= 15 is 0 Å². The lowest BCUT2D eigenvalue weighted by molar-refractivity contribution is 0.147. The number of nitrogens with zero attached hydrogens (tertiary/aromatic N) is 1. The number of hydrogen-bond acceptors (Lipinski definition) is 6. The van der Waals surface area contributed by atoms with Crippen LogP contribution < -0.4 is 10.2 Å². The van der Waals surface area contributed by atoms with Crippen LogP contribution in [0.4, 0.5) is 16.2 Å². The lowest BCUT2D eigenvalue weighted by Gasteiger charge is -2.38. The number of carbonyl (C=O) groups excluding carboxylic acids is 1. The molecule has 3 rings (SSSR count). The molecule has 7 nitrogen and oxygen atoms in total. The second kappa shape index (κ2) is 13.1. The van der Waals surface area contributed by atoms with Gasteiger partial charge in [-0.2, -0.15) is 0 Å². The zero-order valence-corrected chi connectivity index (χ0v) is 28.5. The normalized spacial score (nSPS) is 12.9. The average Bonchev–Trinajstić information content (AvgIpc) is 3.29. The van der Waals surface area contributed by atoms with Crippen molar-refractivity contribution in [2.45, 2.75) is 90.3 Å². The second-order valence-corrected chi connectivity index (χ2v) is 22.9. The number of anilines is 2. The molecule has 3 aromatic rings. The molecule has 0 aliphatic carbocycles. The number of nitrogens with one attached hydrogen (secondary N) is 1. The van der Waals surface area contributed by atoms with Crippen LogP contribution >= 0.6 is 0 Å². The van der Waals surface area contributed by atoms with Crippen LogP contribution in [0.3, 0.4) is 0 Å². The molecule has 0 aliphatic heterocycles. The molecule has 0 aliphatic rings. The Morgan fingerprint density at radius 1 is 0.976 bits per heavy atom. The SMILES string of the molecule is CC(C)(CCCN(CCO[Si](C)(C)C(C)(C)C)c1ccc(NC(=O)OCc2cc3ccccc3o2)cc1)[Si](C)(C)O. The first-order chi connectivity index (χ1) is 19.0. The molecule has 1 amide bonds. The summed E-state index contributed by atoms with van der Waals surface area (Å²) in [5.41, 5.74) is 2.51. The Morgan fingerprint density at radius 3 is 2.24 bits per heavy atom. The quantitative estimate of drug-likeness (QED) is 0.191. The van der Waals surface area contributed by atoms with Crippen LogP contribution in [-0.2, 0) is 15.8 Å². The van der Waals surface area contributed by atoms with Crippen molar-refractivity contribution in [3.05, 3.63) is 60.4 Å². The van der Waals surface area contributed by atoms with E-state index < -0.39 is 22.7 Å². The van der Waals surface area contributed by atoms with Crippen LogP contribution in [0.15, 0.2) is 59.0 Å². The highest BCUT2D eigenvalue weighted by Crippen LogP contribution is 2.40. The molecular formula is C32H50N2O5Si2. The molecule has 2 aromatic carbocycles. The second-order valence-electron chi connectivity index (χ2n) is 13.6. The molecule has 1 heterocycles. The van der Waals surface area contributed by atoms with Crippen molar-refractivity contribution in [2.24, 2.45) is 0 Å². The summed E-state index contributed by atoms with van der Waals surface area (Å²) in [4.78, 5) is 25.5. The van der Waals surface area contributed by atoms with E-state index in [0.717, 1.165) is 42.6 Å². The molecule has 226 valence electrons. The molecule has 0 saturated heterocycles. The van der Waals surface area contributed by atoms with Gasteiger partial charge >= 0.3 is 6.09 Å². The fourth-order valence-corrected chi connectivity index (χ4v) is 5.99. The lowest BCUT2D eigenvalue weighted by Crippen LogP contribution is -2.43. The number of benzene rings is 2. The Balaban J connectivity index is 1.61. The maximum Gasteiger partial charge on any atom is 0.412 e. The molecular weight excluding hydrogens is 549 g/mol. The van der Waals surface area contributed by atoms with Crippen molar-refractivity contribution < 1.29 is 23.2 Å². The maximum absolute atomic E-state index is 12.4. The van der Waals surface area contributed by atoms with Gasteiger partial charge in [-0.1, -0.05) is 52.8 Å². The first kappa shape index (κ1) is 32.9. The Hall–Kier alpha value is -2.60. The highest BCUT2D eigenvalue weighted by atomic mass is 28.4. The number of ether oxygens (including phenoxy) is 1. The monoisotopic (exact) mass is 598 g/mol. The largest absolute Gasteiger partial charge is 0.457 e. The number of amides is 1. The number of para-hydroxylation sites is 1. The van der Waals surface area contributed by atoms with Crippen molar-refractivity contribution in [1.29, 1.82) is 0 Å². The van der Waals surface area contributed by atoms with Crippen LogP contribution in [0.25, 0.3) is 11.0 Å². The number of fused-ring (bicyclic) bond motifs is 1. The van der Waals surface area contributed by atoms with Crippen LogP contribution in [0.1, 0.15) is 53.2 Å². The molecule has 0 unspecified atom stereocenters. The van der Waals surface area contributed by atoms with Gasteiger partial charge in [0.2, 0.25) is 0 Å². The third-order valence-corrected chi connectivity index (χ3v) is 16.9. The van der Waals surface area contributed by atoms with E-state index in [2.05, 4.69) is 57.9 Å². The standard InChI is InChI=1S/C32H50N2O5Si2/c1-31(2,3)41(8,9)38-22-21-34(20-12-19-32(4,5)40(6,7)36)27-17-15-26(16-18-27)33-30(35)37-24-28-23-25-13-10-11-14-29(25)39-28/h10-11,13-18,23,36H,12,19-22,24H2,1-9H3,(H,33,35). The first-order valence-corrected chi connectivity index (χ1v) is 20.5. The van der Waals surface area contributed by atoms with Crippen LogP contribution in [0.2, 0.25) is 36.3 Å². The van der Waals surface area contributed by atoms with E-state index in [9.17, 15) is 9.59 Å². The minimum Gasteiger partial charge on any atom is -0.457 e. The molecule has 0 atom stereocenters. The average molecular weight is 599 g/mol. The van der Waals surface area contributed by atoms with Gasteiger partial charge in [0, 0.05) is 29.9 Å². The van der Waals surface area contributed by atoms with E-state index in [0.29, 0.717) is 18.1 Å². The van der Waals surface area contributed by atoms with E-state index in [-0.39, 0.29) is 16.7 Å². The molecule has 0 radical (unpaired) electrons. The van der Waals surface area contributed by atoms with Crippen molar-refractivity contribution in [3.8, 4) is 0 Å². The molecule has 0 fully saturated rings. The molecule has 0 spiro atoms. The summed E-state index contributed by atoms with van der Waals surface area (Å²) >= 11 is 0. The van der Waals surface area contributed by atoms with Crippen LogP contribution in [0, 0.1) is 0 Å². The van der Waals surface area contributed by atoms with E-state index in [1.54, 1.807) is 0 Å². The van der Waals surface area contributed by atoms with Gasteiger partial charge in [-0.25, -0.2) is 4.79 Å². The van der Waals surface area contributed by atoms with Crippen molar-refractivity contribution in [1.82, 2.24) is 0 Å². The third-order valence-electron chi connectivity index (χ3n) is 8.82. The summed E-state index contributed by atoms with van der Waals surface area (Å²) < 4.78 is 17.6. The van der Waals surface area contributed by atoms with Gasteiger partial charge in [-0.3, -0.25) is 5.32 Å². The third kappa shape index (κ3) is 9.20. The van der Waals surface area contributed by atoms with Gasteiger partial charge in [-0.15, -0.1) is 0 Å². The van der Waals surface area contributed by atoms with E-state index in [1.807, 2.05) is 67.7 Å². The summed E-state index contributed by atoms with van der Waals surface area (Å²) in [5.74, 6) is 0.600. The lowest BCUT2D eigenvalue weighted by atomic mass is 10.1. The van der Waals surface area contributed by atoms with Gasteiger partial charge in [0.25, 0.3) is 0 Å². The Kier molecular flexibility index (Phi) is 10.6. The minimum atomic E-state index is -2.26. The van der Waals surface area contributed by atoms with Gasteiger partial charge in [0.15, 0.2) is 23.2 Å². The highest BCUT2D eigenvalue weighted by molar-refractivity contribution is 6.74. The fourth-order valence-electron chi connectivity index (χ4n) is 4.17. The molecule has 2 N–H and O–H groups in total. The maximum atomic E-state index is 12.4. The predicted octanol–water partition coefficient (Wildman–Crippen LogP) is 8.77. The Labute approximate surface area is 248 Å². The van der Waals surface area contributed by atoms with Gasteiger partial charge in [0.1, 0.15) is 11.3 Å². The number of hydrogen-bond donors (Lipinski definition) is 2. The summed E-state index contributed by atoms with van der Waals surface area (Å²) in [5, 5.41) is 3.88. The zero-order chi connectivity index (χ0) is 30.5. The van der Waals surface area contributed by atoms with Gasteiger partial charge in [-0.05, 0) is 85.5 Å². The molecule has 41 heavy (non-hydrogen) atoms. The number of carbonyl (C=O) groups is 1.